The molecular formula is C21H21F3N2O6S. The van der Waals surface area contributed by atoms with Gasteiger partial charge in [-0.1, -0.05) is 6.07 Å². The fourth-order valence-electron chi connectivity index (χ4n) is 3.00. The monoisotopic (exact) mass is 486 g/mol. The lowest BCUT2D eigenvalue weighted by atomic mass is 10.2. The maximum absolute atomic E-state index is 12.8. The largest absolute Gasteiger partial charge is 0.449 e. The van der Waals surface area contributed by atoms with Gasteiger partial charge in [-0.05, 0) is 49.4 Å². The van der Waals surface area contributed by atoms with Crippen LogP contribution < -0.4 is 5.32 Å². The molecule has 0 aliphatic carbocycles. The van der Waals surface area contributed by atoms with Gasteiger partial charge in [0.05, 0.1) is 29.2 Å². The molecule has 2 aromatic carbocycles. The lowest BCUT2D eigenvalue weighted by Gasteiger charge is -2.26. The minimum atomic E-state index is -4.57. The number of hydrogen-bond donors (Lipinski definition) is 1. The quantitative estimate of drug-likeness (QED) is 0.630. The van der Waals surface area contributed by atoms with Gasteiger partial charge >= 0.3 is 12.1 Å². The van der Waals surface area contributed by atoms with Gasteiger partial charge in [0.1, 0.15) is 0 Å². The first-order valence-electron chi connectivity index (χ1n) is 9.85. The van der Waals surface area contributed by atoms with Gasteiger partial charge in [0.2, 0.25) is 10.0 Å². The molecule has 1 heterocycles. The van der Waals surface area contributed by atoms with Crippen LogP contribution in [-0.2, 0) is 30.5 Å². The summed E-state index contributed by atoms with van der Waals surface area (Å²) >= 11 is 0. The number of rotatable bonds is 6. The van der Waals surface area contributed by atoms with Crippen LogP contribution in [0.2, 0.25) is 0 Å². The molecule has 1 aliphatic heterocycles. The highest BCUT2D eigenvalue weighted by molar-refractivity contribution is 7.89. The normalized spacial score (nSPS) is 16.1. The van der Waals surface area contributed by atoms with Crippen molar-refractivity contribution in [2.24, 2.45) is 0 Å². The van der Waals surface area contributed by atoms with Crippen LogP contribution in [0, 0.1) is 0 Å². The van der Waals surface area contributed by atoms with E-state index in [0.717, 1.165) is 18.2 Å². The fraction of sp³-hybridized carbons (Fsp3) is 0.333. The summed E-state index contributed by atoms with van der Waals surface area (Å²) in [4.78, 5) is 24.6. The van der Waals surface area contributed by atoms with Crippen molar-refractivity contribution in [2.45, 2.75) is 24.1 Å². The van der Waals surface area contributed by atoms with Gasteiger partial charge in [0.15, 0.2) is 6.10 Å². The number of benzene rings is 2. The highest BCUT2D eigenvalue weighted by Crippen LogP contribution is 2.30. The molecule has 0 saturated carbocycles. The standard InChI is InChI=1S/C21H21F3N2O6S/c1-14(19(27)25-17-4-2-3-16(13-17)21(22,23)24)32-20(28)15-5-7-18(8-6-15)33(29,30)26-9-11-31-12-10-26/h2-8,13-14H,9-12H2,1H3,(H,25,27)/t14-/m0/s1. The molecule has 33 heavy (non-hydrogen) atoms. The molecule has 178 valence electrons. The number of carbonyl (C=O) groups excluding carboxylic acids is 2. The van der Waals surface area contributed by atoms with E-state index in [1.807, 2.05) is 0 Å². The highest BCUT2D eigenvalue weighted by atomic mass is 32.2. The summed E-state index contributed by atoms with van der Waals surface area (Å²) in [5.41, 5.74) is -1.03. The van der Waals surface area contributed by atoms with Crippen molar-refractivity contribution in [3.8, 4) is 0 Å². The predicted molar refractivity (Wildman–Crippen MR) is 111 cm³/mol. The molecule has 3 rings (SSSR count). The van der Waals surface area contributed by atoms with Crippen molar-refractivity contribution in [1.29, 1.82) is 0 Å². The van der Waals surface area contributed by atoms with Crippen LogP contribution in [0.25, 0.3) is 0 Å². The summed E-state index contributed by atoms with van der Waals surface area (Å²) < 4.78 is 75.2. The average molecular weight is 486 g/mol. The molecular weight excluding hydrogens is 465 g/mol. The summed E-state index contributed by atoms with van der Waals surface area (Å²) in [6, 6.07) is 9.07. The van der Waals surface area contributed by atoms with Crippen molar-refractivity contribution in [3.63, 3.8) is 0 Å². The van der Waals surface area contributed by atoms with Gasteiger partial charge in [-0.2, -0.15) is 17.5 Å². The topological polar surface area (TPSA) is 102 Å². The molecule has 1 atom stereocenters. The molecule has 0 radical (unpaired) electrons. The number of amides is 1. The van der Waals surface area contributed by atoms with Crippen LogP contribution in [0.1, 0.15) is 22.8 Å². The Labute approximate surface area is 188 Å². The third-order valence-corrected chi connectivity index (χ3v) is 6.72. The maximum Gasteiger partial charge on any atom is 0.416 e. The number of hydrogen-bond acceptors (Lipinski definition) is 6. The van der Waals surface area contributed by atoms with Crippen LogP contribution in [0.15, 0.2) is 53.4 Å². The van der Waals surface area contributed by atoms with E-state index in [2.05, 4.69) is 5.32 Å². The molecule has 1 fully saturated rings. The Balaban J connectivity index is 1.62. The SMILES string of the molecule is C[C@H](OC(=O)c1ccc(S(=O)(=O)N2CCOCC2)cc1)C(=O)Nc1cccc(C(F)(F)F)c1. The molecule has 0 bridgehead atoms. The number of halogens is 3. The molecule has 1 saturated heterocycles. The van der Waals surface area contributed by atoms with Crippen LogP contribution >= 0.6 is 0 Å². The maximum atomic E-state index is 12.8. The van der Waals surface area contributed by atoms with Gasteiger partial charge in [-0.15, -0.1) is 0 Å². The minimum absolute atomic E-state index is 0.00344. The van der Waals surface area contributed by atoms with Crippen molar-refractivity contribution in [3.05, 3.63) is 59.7 Å². The third-order valence-electron chi connectivity index (χ3n) is 4.81. The molecule has 8 nitrogen and oxygen atoms in total. The summed E-state index contributed by atoms with van der Waals surface area (Å²) in [7, 11) is -3.73. The molecule has 1 N–H and O–H groups in total. The zero-order valence-electron chi connectivity index (χ0n) is 17.5. The Kier molecular flexibility index (Phi) is 7.40. The van der Waals surface area contributed by atoms with Crippen LogP contribution in [-0.4, -0.2) is 57.0 Å². The van der Waals surface area contributed by atoms with Crippen molar-refractivity contribution in [1.82, 2.24) is 4.31 Å². The van der Waals surface area contributed by atoms with E-state index in [-0.39, 0.29) is 29.2 Å². The van der Waals surface area contributed by atoms with Crippen LogP contribution in [0.3, 0.4) is 0 Å². The number of esters is 1. The molecule has 0 aromatic heterocycles. The van der Waals surface area contributed by atoms with E-state index in [1.54, 1.807) is 0 Å². The smallest absolute Gasteiger partial charge is 0.416 e. The first-order valence-corrected chi connectivity index (χ1v) is 11.3. The molecule has 1 aliphatic rings. The molecule has 1 amide bonds. The number of anilines is 1. The van der Waals surface area contributed by atoms with Crippen LogP contribution in [0.5, 0.6) is 0 Å². The van der Waals surface area contributed by atoms with E-state index in [4.69, 9.17) is 9.47 Å². The highest BCUT2D eigenvalue weighted by Gasteiger charge is 2.31. The molecule has 2 aromatic rings. The number of nitrogens with one attached hydrogen (secondary N) is 1. The lowest BCUT2D eigenvalue weighted by molar-refractivity contribution is -0.137. The number of ether oxygens (including phenoxy) is 2. The van der Waals surface area contributed by atoms with E-state index >= 15 is 0 Å². The zero-order chi connectivity index (χ0) is 24.2. The Morgan fingerprint density at radius 1 is 1.09 bits per heavy atom. The Morgan fingerprint density at radius 3 is 2.33 bits per heavy atom. The second kappa shape index (κ2) is 9.89. The van der Waals surface area contributed by atoms with Crippen molar-refractivity contribution in [2.75, 3.05) is 31.6 Å². The third kappa shape index (κ3) is 6.09. The first kappa shape index (κ1) is 24.7. The lowest BCUT2D eigenvalue weighted by Crippen LogP contribution is -2.40. The summed E-state index contributed by atoms with van der Waals surface area (Å²) in [5, 5.41) is 2.27. The van der Waals surface area contributed by atoms with E-state index in [0.29, 0.717) is 13.2 Å². The van der Waals surface area contributed by atoms with Gasteiger partial charge < -0.3 is 14.8 Å². The summed E-state index contributed by atoms with van der Waals surface area (Å²) in [5.74, 6) is -1.72. The number of alkyl halides is 3. The van der Waals surface area contributed by atoms with Gasteiger partial charge in [0, 0.05) is 18.8 Å². The van der Waals surface area contributed by atoms with Crippen molar-refractivity contribution < 1.29 is 40.7 Å². The molecule has 0 spiro atoms. The van der Waals surface area contributed by atoms with E-state index in [1.165, 1.54) is 41.6 Å². The molecule has 12 heteroatoms. The Morgan fingerprint density at radius 2 is 1.73 bits per heavy atom. The first-order chi connectivity index (χ1) is 15.5. The van der Waals surface area contributed by atoms with Gasteiger partial charge in [-0.3, -0.25) is 4.79 Å². The summed E-state index contributed by atoms with van der Waals surface area (Å²) in [6.07, 6.45) is -5.89. The number of sulfonamides is 1. The minimum Gasteiger partial charge on any atom is -0.449 e. The van der Waals surface area contributed by atoms with E-state index in [9.17, 15) is 31.2 Å². The Hall–Kier alpha value is -2.96. The second-order valence-electron chi connectivity index (χ2n) is 7.16. The second-order valence-corrected chi connectivity index (χ2v) is 9.09. The number of carbonyl (C=O) groups is 2. The molecule has 0 unspecified atom stereocenters. The van der Waals surface area contributed by atoms with Gasteiger partial charge in [0.25, 0.3) is 5.91 Å². The van der Waals surface area contributed by atoms with Gasteiger partial charge in [-0.25, -0.2) is 13.2 Å². The number of morpholine rings is 1. The predicted octanol–water partition coefficient (Wildman–Crippen LogP) is 2.91. The number of nitrogens with zero attached hydrogens (tertiary/aromatic N) is 1. The van der Waals surface area contributed by atoms with Crippen molar-refractivity contribution >= 4 is 27.6 Å². The fourth-order valence-corrected chi connectivity index (χ4v) is 4.41. The van der Waals surface area contributed by atoms with E-state index < -0.39 is 39.7 Å². The zero-order valence-corrected chi connectivity index (χ0v) is 18.3. The van der Waals surface area contributed by atoms with Crippen LogP contribution in [0.4, 0.5) is 18.9 Å². The average Bonchev–Trinajstić information content (AvgIpc) is 2.79. The Bertz CT molecular complexity index is 1110. The summed E-state index contributed by atoms with van der Waals surface area (Å²) in [6.45, 7) is 2.31.